The lowest BCUT2D eigenvalue weighted by Crippen LogP contribution is -2.03. The van der Waals surface area contributed by atoms with Crippen molar-refractivity contribution in [3.8, 4) is 0 Å². The molecule has 0 radical (unpaired) electrons. The van der Waals surface area contributed by atoms with Gasteiger partial charge in [-0.1, -0.05) is 12.8 Å². The number of aryl methyl sites for hydroxylation is 1. The molecule has 1 aliphatic carbocycles. The Morgan fingerprint density at radius 2 is 1.90 bits per heavy atom. The summed E-state index contributed by atoms with van der Waals surface area (Å²) in [6.45, 7) is 2.65. The number of hydrogen-bond donors (Lipinski definition) is 1. The molecule has 3 rings (SSSR count). The Morgan fingerprint density at radius 3 is 2.62 bits per heavy atom. The zero-order valence-corrected chi connectivity index (χ0v) is 13.2. The number of nitrogens with zero attached hydrogens (tertiary/aromatic N) is 2. The van der Waals surface area contributed by atoms with Crippen molar-refractivity contribution in [2.24, 2.45) is 0 Å². The molecule has 1 N–H and O–H groups in total. The Hall–Kier alpha value is -1.55. The third kappa shape index (κ3) is 4.21. The highest BCUT2D eigenvalue weighted by Gasteiger charge is 2.15. The van der Waals surface area contributed by atoms with Gasteiger partial charge in [0.1, 0.15) is 5.82 Å². The molecule has 2 aromatic rings. The highest BCUT2D eigenvalue weighted by molar-refractivity contribution is 8.00. The van der Waals surface area contributed by atoms with Gasteiger partial charge in [-0.3, -0.25) is 0 Å². The number of rotatable bonds is 5. The zero-order chi connectivity index (χ0) is 14.5. The smallest absolute Gasteiger partial charge is 0.125 e. The summed E-state index contributed by atoms with van der Waals surface area (Å²) in [4.78, 5) is 9.89. The SMILES string of the molecule is Cc1nccc(CNc2ccc(SC3CCCC3)cc2)n1. The van der Waals surface area contributed by atoms with E-state index in [1.807, 2.05) is 24.8 Å². The maximum absolute atomic E-state index is 4.40. The molecule has 3 nitrogen and oxygen atoms in total. The highest BCUT2D eigenvalue weighted by Crippen LogP contribution is 2.34. The summed E-state index contributed by atoms with van der Waals surface area (Å²) >= 11 is 2.03. The van der Waals surface area contributed by atoms with Crippen molar-refractivity contribution in [1.82, 2.24) is 9.97 Å². The minimum atomic E-state index is 0.735. The van der Waals surface area contributed by atoms with E-state index in [0.717, 1.165) is 29.0 Å². The molecule has 1 saturated carbocycles. The van der Waals surface area contributed by atoms with E-state index >= 15 is 0 Å². The fourth-order valence-corrected chi connectivity index (χ4v) is 3.89. The molecule has 0 spiro atoms. The van der Waals surface area contributed by atoms with E-state index in [1.54, 1.807) is 6.20 Å². The second-order valence-corrected chi connectivity index (χ2v) is 6.87. The molecule has 1 aliphatic rings. The van der Waals surface area contributed by atoms with Crippen LogP contribution >= 0.6 is 11.8 Å². The van der Waals surface area contributed by atoms with Crippen molar-refractivity contribution in [2.45, 2.75) is 49.3 Å². The molecule has 110 valence electrons. The Balaban J connectivity index is 1.54. The lowest BCUT2D eigenvalue weighted by atomic mass is 10.3. The average molecular weight is 299 g/mol. The van der Waals surface area contributed by atoms with Crippen LogP contribution in [-0.4, -0.2) is 15.2 Å². The third-order valence-electron chi connectivity index (χ3n) is 3.77. The zero-order valence-electron chi connectivity index (χ0n) is 12.4. The summed E-state index contributed by atoms with van der Waals surface area (Å²) in [6, 6.07) is 10.7. The Kier molecular flexibility index (Phi) is 4.76. The van der Waals surface area contributed by atoms with Gasteiger partial charge >= 0.3 is 0 Å². The monoisotopic (exact) mass is 299 g/mol. The first kappa shape index (κ1) is 14.4. The lowest BCUT2D eigenvalue weighted by molar-refractivity contribution is 0.886. The number of hydrogen-bond acceptors (Lipinski definition) is 4. The number of aromatic nitrogens is 2. The fourth-order valence-electron chi connectivity index (χ4n) is 2.65. The fraction of sp³-hybridized carbons (Fsp3) is 0.412. The largest absolute Gasteiger partial charge is 0.379 e. The van der Waals surface area contributed by atoms with Crippen molar-refractivity contribution in [1.29, 1.82) is 0 Å². The molecule has 0 amide bonds. The van der Waals surface area contributed by atoms with Crippen LogP contribution in [0.2, 0.25) is 0 Å². The molecule has 0 saturated heterocycles. The van der Waals surface area contributed by atoms with E-state index < -0.39 is 0 Å². The molecule has 21 heavy (non-hydrogen) atoms. The van der Waals surface area contributed by atoms with E-state index in [0.29, 0.717) is 0 Å². The predicted molar refractivity (Wildman–Crippen MR) is 88.7 cm³/mol. The molecule has 0 atom stereocenters. The number of nitrogens with one attached hydrogen (secondary N) is 1. The van der Waals surface area contributed by atoms with Gasteiger partial charge in [-0.25, -0.2) is 9.97 Å². The number of anilines is 1. The van der Waals surface area contributed by atoms with Gasteiger partial charge in [0.05, 0.1) is 12.2 Å². The number of benzene rings is 1. The first-order valence-electron chi connectivity index (χ1n) is 7.59. The quantitative estimate of drug-likeness (QED) is 0.886. The van der Waals surface area contributed by atoms with Crippen LogP contribution in [0.1, 0.15) is 37.2 Å². The van der Waals surface area contributed by atoms with Crippen LogP contribution in [0.4, 0.5) is 5.69 Å². The van der Waals surface area contributed by atoms with Crippen molar-refractivity contribution >= 4 is 17.4 Å². The van der Waals surface area contributed by atoms with Crippen LogP contribution in [0.15, 0.2) is 41.4 Å². The Morgan fingerprint density at radius 1 is 1.14 bits per heavy atom. The van der Waals surface area contributed by atoms with Gasteiger partial charge in [-0.05, 0) is 50.1 Å². The topological polar surface area (TPSA) is 37.8 Å². The summed E-state index contributed by atoms with van der Waals surface area (Å²) in [5.41, 5.74) is 2.16. The highest BCUT2D eigenvalue weighted by atomic mass is 32.2. The minimum Gasteiger partial charge on any atom is -0.379 e. The van der Waals surface area contributed by atoms with Crippen molar-refractivity contribution in [3.63, 3.8) is 0 Å². The van der Waals surface area contributed by atoms with Gasteiger partial charge in [0.25, 0.3) is 0 Å². The van der Waals surface area contributed by atoms with Crippen LogP contribution in [-0.2, 0) is 6.54 Å². The standard InChI is InChI=1S/C17H21N3S/c1-13-18-11-10-15(20-13)12-19-14-6-8-17(9-7-14)21-16-4-2-3-5-16/h6-11,16,19H,2-5,12H2,1H3. The van der Waals surface area contributed by atoms with Crippen molar-refractivity contribution in [3.05, 3.63) is 48.0 Å². The molecule has 0 aliphatic heterocycles. The van der Waals surface area contributed by atoms with Crippen LogP contribution in [0.5, 0.6) is 0 Å². The summed E-state index contributed by atoms with van der Waals surface area (Å²) in [7, 11) is 0. The molecule has 1 fully saturated rings. The first-order chi connectivity index (χ1) is 10.3. The lowest BCUT2D eigenvalue weighted by Gasteiger charge is -2.10. The molecule has 0 bridgehead atoms. The van der Waals surface area contributed by atoms with Gasteiger partial charge in [-0.2, -0.15) is 0 Å². The third-order valence-corrected chi connectivity index (χ3v) is 5.12. The maximum atomic E-state index is 4.40. The first-order valence-corrected chi connectivity index (χ1v) is 8.47. The van der Waals surface area contributed by atoms with E-state index in [4.69, 9.17) is 0 Å². The summed E-state index contributed by atoms with van der Waals surface area (Å²) in [5.74, 6) is 0.817. The molecule has 0 unspecified atom stereocenters. The molecule has 1 aromatic heterocycles. The molecule has 4 heteroatoms. The van der Waals surface area contributed by atoms with Gasteiger partial charge < -0.3 is 5.32 Å². The van der Waals surface area contributed by atoms with Crippen LogP contribution in [0.25, 0.3) is 0 Å². The molecule has 1 heterocycles. The summed E-state index contributed by atoms with van der Waals surface area (Å²) in [5, 5.41) is 4.24. The maximum Gasteiger partial charge on any atom is 0.125 e. The predicted octanol–water partition coefficient (Wildman–Crippen LogP) is 4.43. The molecular weight excluding hydrogens is 278 g/mol. The van der Waals surface area contributed by atoms with Gasteiger partial charge in [-0.15, -0.1) is 11.8 Å². The Labute approximate surface area is 130 Å². The van der Waals surface area contributed by atoms with Crippen LogP contribution in [0, 0.1) is 6.92 Å². The van der Waals surface area contributed by atoms with Gasteiger partial charge in [0.15, 0.2) is 0 Å². The van der Waals surface area contributed by atoms with Gasteiger partial charge in [0.2, 0.25) is 0 Å². The van der Waals surface area contributed by atoms with Crippen LogP contribution in [0.3, 0.4) is 0 Å². The average Bonchev–Trinajstić information content (AvgIpc) is 3.00. The van der Waals surface area contributed by atoms with E-state index in [1.165, 1.54) is 30.6 Å². The van der Waals surface area contributed by atoms with E-state index in [-0.39, 0.29) is 0 Å². The van der Waals surface area contributed by atoms with Gasteiger partial charge in [0, 0.05) is 22.0 Å². The van der Waals surface area contributed by atoms with E-state index in [2.05, 4.69) is 39.6 Å². The molecule has 1 aromatic carbocycles. The second-order valence-electron chi connectivity index (χ2n) is 5.50. The van der Waals surface area contributed by atoms with E-state index in [9.17, 15) is 0 Å². The Bertz CT molecular complexity index is 577. The van der Waals surface area contributed by atoms with Crippen LogP contribution < -0.4 is 5.32 Å². The minimum absolute atomic E-state index is 0.735. The molecular formula is C17H21N3S. The van der Waals surface area contributed by atoms with Crippen molar-refractivity contribution in [2.75, 3.05) is 5.32 Å². The summed E-state index contributed by atoms with van der Waals surface area (Å²) < 4.78 is 0. The number of thioether (sulfide) groups is 1. The van der Waals surface area contributed by atoms with Crippen molar-refractivity contribution < 1.29 is 0 Å². The summed E-state index contributed by atoms with van der Waals surface area (Å²) in [6.07, 6.45) is 7.35. The second kappa shape index (κ2) is 6.94. The normalized spacial score (nSPS) is 15.3.